The third-order valence-corrected chi connectivity index (χ3v) is 5.31. The van der Waals surface area contributed by atoms with Gasteiger partial charge in [0.25, 0.3) is 11.5 Å². The zero-order chi connectivity index (χ0) is 26.0. The van der Waals surface area contributed by atoms with Gasteiger partial charge in [-0.25, -0.2) is 18.4 Å². The molecule has 11 heteroatoms. The van der Waals surface area contributed by atoms with Crippen LogP contribution in [0.2, 0.25) is 0 Å². The van der Waals surface area contributed by atoms with Crippen molar-refractivity contribution < 1.29 is 23.1 Å². The monoisotopic (exact) mass is 493 g/mol. The number of carbonyl (C=O) groups is 2. The lowest BCUT2D eigenvalue weighted by Crippen LogP contribution is -2.25. The van der Waals surface area contributed by atoms with Crippen LogP contribution in [0.4, 0.5) is 20.3 Å². The van der Waals surface area contributed by atoms with Gasteiger partial charge < -0.3 is 15.4 Å². The number of ether oxygens (including phenoxy) is 1. The summed E-state index contributed by atoms with van der Waals surface area (Å²) in [6, 6.07) is 13.0. The van der Waals surface area contributed by atoms with Crippen LogP contribution in [0.15, 0.2) is 65.6 Å². The van der Waals surface area contributed by atoms with Gasteiger partial charge in [0, 0.05) is 38.4 Å². The lowest BCUT2D eigenvalue weighted by Gasteiger charge is -2.11. The number of nitrogens with one attached hydrogen (secondary N) is 2. The number of pyridine rings is 1. The van der Waals surface area contributed by atoms with Gasteiger partial charge in [0.2, 0.25) is 5.91 Å². The Labute approximate surface area is 203 Å². The summed E-state index contributed by atoms with van der Waals surface area (Å²) in [4.78, 5) is 41.0. The highest BCUT2D eigenvalue weighted by molar-refractivity contribution is 6.05. The lowest BCUT2D eigenvalue weighted by atomic mass is 10.2. The third-order valence-electron chi connectivity index (χ3n) is 5.31. The highest BCUT2D eigenvalue weighted by Crippen LogP contribution is 2.30. The first-order valence-corrected chi connectivity index (χ1v) is 10.7. The Morgan fingerprint density at radius 2 is 1.72 bits per heavy atom. The summed E-state index contributed by atoms with van der Waals surface area (Å²) >= 11 is 0. The maximum absolute atomic E-state index is 14.8. The molecule has 0 spiro atoms. The van der Waals surface area contributed by atoms with E-state index >= 15 is 0 Å². The Hall–Kier alpha value is -4.80. The van der Waals surface area contributed by atoms with Crippen molar-refractivity contribution in [1.29, 1.82) is 0 Å². The molecule has 0 atom stereocenters. The van der Waals surface area contributed by atoms with Gasteiger partial charge >= 0.3 is 0 Å². The van der Waals surface area contributed by atoms with E-state index in [0.717, 1.165) is 12.1 Å². The fourth-order valence-electron chi connectivity index (χ4n) is 3.57. The molecule has 4 rings (SSSR count). The van der Waals surface area contributed by atoms with Gasteiger partial charge in [-0.15, -0.1) is 0 Å². The van der Waals surface area contributed by atoms with Crippen LogP contribution in [-0.2, 0) is 11.8 Å². The molecule has 0 fully saturated rings. The van der Waals surface area contributed by atoms with Gasteiger partial charge in [-0.3, -0.25) is 19.1 Å². The molecule has 0 unspecified atom stereocenters. The predicted octanol–water partition coefficient (Wildman–Crippen LogP) is 4.16. The second-order valence-electron chi connectivity index (χ2n) is 7.81. The molecular formula is C25H21F2N5O4. The summed E-state index contributed by atoms with van der Waals surface area (Å²) in [5.41, 5.74) is -0.387. The van der Waals surface area contributed by atoms with E-state index in [1.54, 1.807) is 44.3 Å². The number of rotatable bonds is 6. The van der Waals surface area contributed by atoms with Gasteiger partial charge in [-0.05, 0) is 25.1 Å². The molecule has 2 aromatic carbocycles. The Kier molecular flexibility index (Phi) is 6.64. The van der Waals surface area contributed by atoms with E-state index in [1.807, 2.05) is 0 Å². The Morgan fingerprint density at radius 1 is 1.00 bits per heavy atom. The van der Waals surface area contributed by atoms with Crippen LogP contribution in [0.1, 0.15) is 23.0 Å². The zero-order valence-electron chi connectivity index (χ0n) is 19.5. The second kappa shape index (κ2) is 9.82. The van der Waals surface area contributed by atoms with E-state index < -0.39 is 34.5 Å². The van der Waals surface area contributed by atoms with Crippen LogP contribution in [0.5, 0.6) is 11.5 Å². The minimum absolute atomic E-state index is 0.102. The highest BCUT2D eigenvalue weighted by atomic mass is 19.1. The van der Waals surface area contributed by atoms with E-state index in [2.05, 4.69) is 15.6 Å². The predicted molar refractivity (Wildman–Crippen MR) is 129 cm³/mol. The fourth-order valence-corrected chi connectivity index (χ4v) is 3.57. The number of benzene rings is 2. The topological polar surface area (TPSA) is 107 Å². The van der Waals surface area contributed by atoms with E-state index in [9.17, 15) is 23.2 Å². The average Bonchev–Trinajstić information content (AvgIpc) is 3.05. The third kappa shape index (κ3) is 4.85. The molecular weight excluding hydrogens is 472 g/mol. The van der Waals surface area contributed by atoms with Crippen molar-refractivity contribution in [3.63, 3.8) is 0 Å². The SMILES string of the molecule is CC(=O)Nc1cc(Oc2cc(F)c(NC(=O)c3c(C)n(C)n(-c4ccccc4)c3=O)cc2F)ccn1. The number of anilines is 2. The average molecular weight is 493 g/mol. The summed E-state index contributed by atoms with van der Waals surface area (Å²) in [6.07, 6.45) is 1.33. The van der Waals surface area contributed by atoms with Crippen molar-refractivity contribution in [1.82, 2.24) is 14.3 Å². The zero-order valence-corrected chi connectivity index (χ0v) is 19.5. The van der Waals surface area contributed by atoms with E-state index in [1.165, 1.54) is 34.6 Å². The summed E-state index contributed by atoms with van der Waals surface area (Å²) in [7, 11) is 1.61. The van der Waals surface area contributed by atoms with Gasteiger partial charge in [-0.2, -0.15) is 0 Å². The van der Waals surface area contributed by atoms with E-state index in [4.69, 9.17) is 4.74 Å². The van der Waals surface area contributed by atoms with Crippen molar-refractivity contribution in [3.8, 4) is 17.2 Å². The van der Waals surface area contributed by atoms with Crippen LogP contribution in [0.3, 0.4) is 0 Å². The number of nitrogens with zero attached hydrogens (tertiary/aromatic N) is 3. The number of hydrogen-bond acceptors (Lipinski definition) is 5. The molecule has 0 bridgehead atoms. The number of hydrogen-bond donors (Lipinski definition) is 2. The molecule has 36 heavy (non-hydrogen) atoms. The molecule has 184 valence electrons. The van der Waals surface area contributed by atoms with Crippen LogP contribution >= 0.6 is 0 Å². The van der Waals surface area contributed by atoms with E-state index in [0.29, 0.717) is 11.4 Å². The normalized spacial score (nSPS) is 10.7. The van der Waals surface area contributed by atoms with Crippen molar-refractivity contribution in [2.24, 2.45) is 7.05 Å². The van der Waals surface area contributed by atoms with Crippen molar-refractivity contribution in [2.45, 2.75) is 13.8 Å². The molecule has 0 aliphatic heterocycles. The van der Waals surface area contributed by atoms with Crippen molar-refractivity contribution in [3.05, 3.63) is 94.0 Å². The molecule has 0 radical (unpaired) electrons. The molecule has 2 N–H and O–H groups in total. The summed E-state index contributed by atoms with van der Waals surface area (Å²) in [5.74, 6) is -3.36. The van der Waals surface area contributed by atoms with Crippen molar-refractivity contribution >= 4 is 23.3 Å². The quantitative estimate of drug-likeness (QED) is 0.420. The minimum Gasteiger partial charge on any atom is -0.454 e. The smallest absolute Gasteiger partial charge is 0.284 e. The first kappa shape index (κ1) is 24.3. The number of carbonyl (C=O) groups excluding carboxylic acids is 2. The maximum atomic E-state index is 14.8. The molecule has 0 aliphatic carbocycles. The van der Waals surface area contributed by atoms with Gasteiger partial charge in [-0.1, -0.05) is 18.2 Å². The Balaban J connectivity index is 1.59. The lowest BCUT2D eigenvalue weighted by molar-refractivity contribution is -0.114. The molecule has 2 amide bonds. The first-order chi connectivity index (χ1) is 17.2. The Bertz CT molecular complexity index is 1530. The molecule has 0 saturated heterocycles. The summed E-state index contributed by atoms with van der Waals surface area (Å²) in [5, 5.41) is 4.72. The minimum atomic E-state index is -0.979. The molecule has 0 aliphatic rings. The van der Waals surface area contributed by atoms with Crippen LogP contribution in [0.25, 0.3) is 5.69 Å². The van der Waals surface area contributed by atoms with Gasteiger partial charge in [0.15, 0.2) is 17.4 Å². The number of aromatic nitrogens is 3. The molecule has 2 heterocycles. The summed E-state index contributed by atoms with van der Waals surface area (Å²) < 4.78 is 37.7. The molecule has 9 nitrogen and oxygen atoms in total. The maximum Gasteiger partial charge on any atom is 0.284 e. The Morgan fingerprint density at radius 3 is 2.42 bits per heavy atom. The molecule has 0 saturated carbocycles. The summed E-state index contributed by atoms with van der Waals surface area (Å²) in [6.45, 7) is 2.87. The fraction of sp³-hybridized carbons (Fsp3) is 0.120. The highest BCUT2D eigenvalue weighted by Gasteiger charge is 2.24. The standard InChI is InChI=1S/C25H21F2N5O4/c1-14-23(25(35)32(31(14)3)16-7-5-4-6-8-16)24(34)30-20-12-19(27)21(13-18(20)26)36-17-9-10-28-22(11-17)29-15(2)33/h4-13H,1-3H3,(H,30,34)(H,28,29,33). The van der Waals surface area contributed by atoms with Crippen molar-refractivity contribution in [2.75, 3.05) is 10.6 Å². The largest absolute Gasteiger partial charge is 0.454 e. The van der Waals surface area contributed by atoms with E-state index in [-0.39, 0.29) is 23.0 Å². The number of amides is 2. The number of halogens is 2. The first-order valence-electron chi connectivity index (χ1n) is 10.7. The van der Waals surface area contributed by atoms with Gasteiger partial charge in [0.05, 0.1) is 17.1 Å². The van der Waals surface area contributed by atoms with Crippen LogP contribution in [-0.4, -0.2) is 26.2 Å². The van der Waals surface area contributed by atoms with Crippen LogP contribution in [0, 0.1) is 18.6 Å². The molecule has 2 aromatic heterocycles. The van der Waals surface area contributed by atoms with Gasteiger partial charge in [0.1, 0.15) is 17.1 Å². The van der Waals surface area contributed by atoms with Crippen LogP contribution < -0.4 is 20.9 Å². The number of para-hydroxylation sites is 1. The molecule has 4 aromatic rings. The second-order valence-corrected chi connectivity index (χ2v) is 7.81.